The van der Waals surface area contributed by atoms with Gasteiger partial charge in [0.15, 0.2) is 5.75 Å². The first-order valence-corrected chi connectivity index (χ1v) is 6.50. The van der Waals surface area contributed by atoms with Gasteiger partial charge in [-0.15, -0.1) is 0 Å². The molecular weight excluding hydrogens is 311 g/mol. The second kappa shape index (κ2) is 6.51. The molecule has 23 heavy (non-hydrogen) atoms. The molecule has 0 radical (unpaired) electrons. The van der Waals surface area contributed by atoms with Gasteiger partial charge in [-0.2, -0.15) is 13.2 Å². The molecule has 7 heteroatoms. The minimum atomic E-state index is -4.65. The van der Waals surface area contributed by atoms with Crippen molar-refractivity contribution in [1.82, 2.24) is 0 Å². The van der Waals surface area contributed by atoms with Crippen molar-refractivity contribution < 1.29 is 22.8 Å². The van der Waals surface area contributed by atoms with E-state index in [9.17, 15) is 23.3 Å². The third-order valence-electron chi connectivity index (χ3n) is 3.08. The molecule has 0 N–H and O–H groups in total. The molecule has 0 saturated carbocycles. The van der Waals surface area contributed by atoms with Gasteiger partial charge in [-0.1, -0.05) is 43.0 Å². The number of benzene rings is 2. The molecule has 4 nitrogen and oxygen atoms in total. The van der Waals surface area contributed by atoms with E-state index >= 15 is 0 Å². The number of nitro groups is 1. The lowest BCUT2D eigenvalue weighted by Crippen LogP contribution is -2.10. The highest BCUT2D eigenvalue weighted by molar-refractivity contribution is 5.70. The maximum Gasteiger partial charge on any atom is 0.416 e. The molecular formula is C16H12F3NO3. The summed E-state index contributed by atoms with van der Waals surface area (Å²) in [6, 6.07) is 12.0. The Hall–Kier alpha value is -2.83. The van der Waals surface area contributed by atoms with E-state index in [1.165, 1.54) is 0 Å². The Morgan fingerprint density at radius 3 is 2.39 bits per heavy atom. The fourth-order valence-corrected chi connectivity index (χ4v) is 1.87. The number of ether oxygens (including phenoxy) is 1. The van der Waals surface area contributed by atoms with Gasteiger partial charge in [0.05, 0.1) is 10.5 Å². The predicted molar refractivity (Wildman–Crippen MR) is 79.0 cm³/mol. The number of hydrogen-bond acceptors (Lipinski definition) is 3. The maximum absolute atomic E-state index is 12.6. The quantitative estimate of drug-likeness (QED) is 0.589. The van der Waals surface area contributed by atoms with Crippen LogP contribution in [0, 0.1) is 10.1 Å². The average Bonchev–Trinajstić information content (AvgIpc) is 2.52. The van der Waals surface area contributed by atoms with Gasteiger partial charge >= 0.3 is 11.9 Å². The fraction of sp³-hybridized carbons (Fsp3) is 0.125. The molecule has 0 aliphatic rings. The summed E-state index contributed by atoms with van der Waals surface area (Å²) in [6.07, 6.45) is -4.65. The summed E-state index contributed by atoms with van der Waals surface area (Å²) in [6.45, 7) is 3.00. The van der Waals surface area contributed by atoms with Crippen LogP contribution in [0.1, 0.15) is 11.1 Å². The monoisotopic (exact) mass is 323 g/mol. The van der Waals surface area contributed by atoms with E-state index in [-0.39, 0.29) is 17.9 Å². The normalized spacial score (nSPS) is 11.1. The third kappa shape index (κ3) is 4.09. The van der Waals surface area contributed by atoms with Gasteiger partial charge < -0.3 is 4.74 Å². The molecule has 0 unspecified atom stereocenters. The van der Waals surface area contributed by atoms with Gasteiger partial charge in [-0.25, -0.2) is 0 Å². The van der Waals surface area contributed by atoms with Gasteiger partial charge in [0.25, 0.3) is 0 Å². The van der Waals surface area contributed by atoms with Crippen molar-refractivity contribution in [2.45, 2.75) is 12.8 Å². The van der Waals surface area contributed by atoms with Crippen LogP contribution < -0.4 is 4.74 Å². The Morgan fingerprint density at radius 1 is 1.17 bits per heavy atom. The molecule has 0 amide bonds. The van der Waals surface area contributed by atoms with E-state index in [0.29, 0.717) is 0 Å². The summed E-state index contributed by atoms with van der Waals surface area (Å²) >= 11 is 0. The summed E-state index contributed by atoms with van der Waals surface area (Å²) < 4.78 is 43.3. The second-order valence-electron chi connectivity index (χ2n) is 4.69. The molecule has 2 aromatic carbocycles. The van der Waals surface area contributed by atoms with Crippen molar-refractivity contribution in [2.75, 3.05) is 0 Å². The van der Waals surface area contributed by atoms with Crippen molar-refractivity contribution in [3.8, 4) is 5.75 Å². The minimum absolute atomic E-state index is 0.0707. The Morgan fingerprint density at radius 2 is 1.83 bits per heavy atom. The topological polar surface area (TPSA) is 52.4 Å². The van der Waals surface area contributed by atoms with Gasteiger partial charge in [-0.05, 0) is 17.2 Å². The van der Waals surface area contributed by atoms with Gasteiger partial charge in [0.1, 0.15) is 6.61 Å². The van der Waals surface area contributed by atoms with Crippen LogP contribution in [-0.2, 0) is 6.61 Å². The summed E-state index contributed by atoms with van der Waals surface area (Å²) in [5, 5.41) is 11.1. The van der Waals surface area contributed by atoms with Gasteiger partial charge in [0, 0.05) is 6.07 Å². The van der Waals surface area contributed by atoms with Gasteiger partial charge in [-0.3, -0.25) is 10.1 Å². The van der Waals surface area contributed by atoms with Crippen LogP contribution in [0.15, 0.2) is 55.1 Å². The number of allylic oxidation sites excluding steroid dienone is 1. The molecule has 0 saturated heterocycles. The van der Waals surface area contributed by atoms with Crippen LogP contribution in [0.3, 0.4) is 0 Å². The highest BCUT2D eigenvalue weighted by Crippen LogP contribution is 2.36. The summed E-state index contributed by atoms with van der Waals surface area (Å²) in [5.74, 6) is -0.0995. The van der Waals surface area contributed by atoms with E-state index in [1.54, 1.807) is 24.3 Å². The lowest BCUT2D eigenvalue weighted by atomic mass is 10.1. The van der Waals surface area contributed by atoms with Gasteiger partial charge in [0.2, 0.25) is 0 Å². The Bertz CT molecular complexity index is 727. The zero-order chi connectivity index (χ0) is 17.0. The zero-order valence-corrected chi connectivity index (χ0v) is 11.8. The highest BCUT2D eigenvalue weighted by Gasteiger charge is 2.34. The summed E-state index contributed by atoms with van der Waals surface area (Å²) in [4.78, 5) is 10.3. The van der Waals surface area contributed by atoms with E-state index in [2.05, 4.69) is 6.58 Å². The lowest BCUT2D eigenvalue weighted by Gasteiger charge is -2.12. The zero-order valence-electron chi connectivity index (χ0n) is 11.8. The molecule has 0 aliphatic heterocycles. The van der Waals surface area contributed by atoms with E-state index in [1.807, 2.05) is 6.07 Å². The average molecular weight is 323 g/mol. The second-order valence-corrected chi connectivity index (χ2v) is 4.69. The largest absolute Gasteiger partial charge is 0.482 e. The number of alkyl halides is 3. The molecule has 0 atom stereocenters. The van der Waals surface area contributed by atoms with E-state index in [0.717, 1.165) is 23.8 Å². The van der Waals surface area contributed by atoms with E-state index in [4.69, 9.17) is 4.74 Å². The van der Waals surface area contributed by atoms with Crippen molar-refractivity contribution in [1.29, 1.82) is 0 Å². The minimum Gasteiger partial charge on any atom is -0.482 e. The summed E-state index contributed by atoms with van der Waals surface area (Å²) in [5.41, 5.74) is -1.26. The lowest BCUT2D eigenvalue weighted by molar-refractivity contribution is -0.386. The van der Waals surface area contributed by atoms with E-state index < -0.39 is 22.4 Å². The number of nitrogens with zero attached hydrogens (tertiary/aromatic N) is 1. The fourth-order valence-electron chi connectivity index (χ4n) is 1.87. The molecule has 2 aromatic rings. The molecule has 2 rings (SSSR count). The van der Waals surface area contributed by atoms with Crippen LogP contribution >= 0.6 is 0 Å². The molecule has 0 spiro atoms. The van der Waals surface area contributed by atoms with Crippen molar-refractivity contribution in [3.63, 3.8) is 0 Å². The molecule has 0 aliphatic carbocycles. The first-order valence-electron chi connectivity index (χ1n) is 6.50. The Kier molecular flexibility index (Phi) is 4.68. The number of nitro benzene ring substituents is 1. The number of hydrogen-bond donors (Lipinski definition) is 0. The standard InChI is InChI=1S/C16H12F3NO3/c1-11(16(17,18)19)13-7-8-15(14(9-13)20(21)22)23-10-12-5-3-2-4-6-12/h2-9H,1,10H2. The Labute approximate surface area is 130 Å². The van der Waals surface area contributed by atoms with Crippen LogP contribution in [0.5, 0.6) is 5.75 Å². The smallest absolute Gasteiger partial charge is 0.416 e. The van der Waals surface area contributed by atoms with Crippen LogP contribution in [0.25, 0.3) is 5.57 Å². The van der Waals surface area contributed by atoms with Crippen molar-refractivity contribution in [3.05, 3.63) is 76.4 Å². The molecule has 0 heterocycles. The molecule has 0 bridgehead atoms. The molecule has 0 aromatic heterocycles. The number of halogens is 3. The highest BCUT2D eigenvalue weighted by atomic mass is 19.4. The first kappa shape index (κ1) is 16.5. The third-order valence-corrected chi connectivity index (χ3v) is 3.08. The first-order chi connectivity index (χ1) is 10.8. The Balaban J connectivity index is 2.27. The number of rotatable bonds is 5. The predicted octanol–water partition coefficient (Wildman–Crippen LogP) is 4.75. The van der Waals surface area contributed by atoms with Crippen LogP contribution in [0.4, 0.5) is 18.9 Å². The SMILES string of the molecule is C=C(c1ccc(OCc2ccccc2)c([N+](=O)[O-])c1)C(F)(F)F. The summed E-state index contributed by atoms with van der Waals surface area (Å²) in [7, 11) is 0. The van der Waals surface area contributed by atoms with Crippen LogP contribution in [0.2, 0.25) is 0 Å². The van der Waals surface area contributed by atoms with Crippen molar-refractivity contribution >= 4 is 11.3 Å². The molecule has 0 fully saturated rings. The maximum atomic E-state index is 12.6. The van der Waals surface area contributed by atoms with Crippen molar-refractivity contribution in [2.24, 2.45) is 0 Å². The molecule has 120 valence electrons. The van der Waals surface area contributed by atoms with Crippen LogP contribution in [-0.4, -0.2) is 11.1 Å².